The SMILES string of the molecule is Cc1cccc(OCC(=O)N(Cc2c(Cl)cccc2Cl)C(Cc2ccccc2)C(=O)NC2CCCC2)c1C. The van der Waals surface area contributed by atoms with Crippen molar-refractivity contribution in [2.24, 2.45) is 0 Å². The second kappa shape index (κ2) is 13.2. The Morgan fingerprint density at radius 2 is 1.61 bits per heavy atom. The lowest BCUT2D eigenvalue weighted by molar-refractivity contribution is -0.143. The van der Waals surface area contributed by atoms with Gasteiger partial charge in [-0.3, -0.25) is 9.59 Å². The Balaban J connectivity index is 1.66. The predicted molar refractivity (Wildman–Crippen MR) is 153 cm³/mol. The molecule has 3 aromatic carbocycles. The second-order valence-corrected chi connectivity index (χ2v) is 10.7. The van der Waals surface area contributed by atoms with Crippen LogP contribution in [0.4, 0.5) is 0 Å². The zero-order valence-corrected chi connectivity index (χ0v) is 23.4. The van der Waals surface area contributed by atoms with E-state index < -0.39 is 6.04 Å². The molecule has 200 valence electrons. The number of hydrogen-bond donors (Lipinski definition) is 1. The summed E-state index contributed by atoms with van der Waals surface area (Å²) in [6, 6.07) is 20.1. The molecule has 0 saturated heterocycles. The molecule has 1 unspecified atom stereocenters. The number of ether oxygens (including phenoxy) is 1. The molecule has 0 aromatic heterocycles. The van der Waals surface area contributed by atoms with Gasteiger partial charge in [-0.1, -0.05) is 84.6 Å². The summed E-state index contributed by atoms with van der Waals surface area (Å²) in [5.74, 6) is 0.150. The highest BCUT2D eigenvalue weighted by molar-refractivity contribution is 6.36. The van der Waals surface area contributed by atoms with Crippen LogP contribution in [0.25, 0.3) is 0 Å². The van der Waals surface area contributed by atoms with Gasteiger partial charge in [-0.15, -0.1) is 0 Å². The van der Waals surface area contributed by atoms with Crippen LogP contribution in [0.2, 0.25) is 10.0 Å². The molecular weight excluding hydrogens is 519 g/mol. The van der Waals surface area contributed by atoms with Crippen LogP contribution < -0.4 is 10.1 Å². The van der Waals surface area contributed by atoms with E-state index in [9.17, 15) is 9.59 Å². The normalized spacial score (nSPS) is 14.2. The maximum Gasteiger partial charge on any atom is 0.261 e. The topological polar surface area (TPSA) is 58.6 Å². The van der Waals surface area contributed by atoms with E-state index in [2.05, 4.69) is 5.32 Å². The maximum absolute atomic E-state index is 13.8. The number of amides is 2. The van der Waals surface area contributed by atoms with E-state index in [-0.39, 0.29) is 31.0 Å². The molecule has 1 saturated carbocycles. The van der Waals surface area contributed by atoms with E-state index >= 15 is 0 Å². The molecular formula is C31H34Cl2N2O3. The van der Waals surface area contributed by atoms with Gasteiger partial charge in [0.2, 0.25) is 5.91 Å². The standard InChI is InChI=1S/C31H34Cl2N2O3/c1-21-10-8-17-29(22(21)2)38-20-30(36)35(19-25-26(32)15-9-16-27(25)33)28(18-23-11-4-3-5-12-23)31(37)34-24-13-6-7-14-24/h3-5,8-12,15-17,24,28H,6-7,13-14,18-20H2,1-2H3,(H,34,37). The first-order chi connectivity index (χ1) is 18.3. The van der Waals surface area contributed by atoms with E-state index in [4.69, 9.17) is 27.9 Å². The number of carbonyl (C=O) groups is 2. The minimum absolute atomic E-state index is 0.0864. The molecule has 1 fully saturated rings. The highest BCUT2D eigenvalue weighted by Gasteiger charge is 2.33. The van der Waals surface area contributed by atoms with Crippen LogP contribution in [0.5, 0.6) is 5.75 Å². The Morgan fingerprint density at radius 3 is 2.29 bits per heavy atom. The fourth-order valence-electron chi connectivity index (χ4n) is 4.88. The van der Waals surface area contributed by atoms with Crippen LogP contribution in [0.1, 0.15) is 47.9 Å². The Kier molecular flexibility index (Phi) is 9.70. The van der Waals surface area contributed by atoms with Gasteiger partial charge < -0.3 is 15.0 Å². The maximum atomic E-state index is 13.8. The highest BCUT2D eigenvalue weighted by Crippen LogP contribution is 2.28. The molecule has 1 aliphatic rings. The van der Waals surface area contributed by atoms with Crippen molar-refractivity contribution >= 4 is 35.0 Å². The van der Waals surface area contributed by atoms with Crippen molar-refractivity contribution in [3.63, 3.8) is 0 Å². The molecule has 4 rings (SSSR count). The van der Waals surface area contributed by atoms with Gasteiger partial charge in [0, 0.05) is 34.6 Å². The molecule has 5 nitrogen and oxygen atoms in total. The van der Waals surface area contributed by atoms with Crippen molar-refractivity contribution in [1.29, 1.82) is 0 Å². The molecule has 0 spiro atoms. The Bertz CT molecular complexity index is 1240. The van der Waals surface area contributed by atoms with Gasteiger partial charge >= 0.3 is 0 Å². The summed E-state index contributed by atoms with van der Waals surface area (Å²) in [7, 11) is 0. The average Bonchev–Trinajstić information content (AvgIpc) is 3.42. The number of rotatable bonds is 10. The highest BCUT2D eigenvalue weighted by atomic mass is 35.5. The Morgan fingerprint density at radius 1 is 0.947 bits per heavy atom. The van der Waals surface area contributed by atoms with Crippen LogP contribution in [-0.2, 0) is 22.6 Å². The van der Waals surface area contributed by atoms with Crippen LogP contribution in [-0.4, -0.2) is 35.4 Å². The van der Waals surface area contributed by atoms with Crippen LogP contribution >= 0.6 is 23.2 Å². The third-order valence-electron chi connectivity index (χ3n) is 7.27. The van der Waals surface area contributed by atoms with Gasteiger partial charge in [-0.05, 0) is 61.6 Å². The molecule has 2 amide bonds. The monoisotopic (exact) mass is 552 g/mol. The largest absolute Gasteiger partial charge is 0.483 e. The minimum atomic E-state index is -0.764. The van der Waals surface area contributed by atoms with Gasteiger partial charge in [-0.25, -0.2) is 0 Å². The van der Waals surface area contributed by atoms with Gasteiger partial charge in [0.05, 0.1) is 0 Å². The number of carbonyl (C=O) groups excluding carboxylic acids is 2. The lowest BCUT2D eigenvalue weighted by Gasteiger charge is -2.32. The fourth-order valence-corrected chi connectivity index (χ4v) is 5.40. The first-order valence-corrected chi connectivity index (χ1v) is 13.8. The number of hydrogen-bond acceptors (Lipinski definition) is 3. The summed E-state index contributed by atoms with van der Waals surface area (Å²) in [5.41, 5.74) is 3.61. The predicted octanol–water partition coefficient (Wildman–Crippen LogP) is 6.69. The molecule has 38 heavy (non-hydrogen) atoms. The number of benzene rings is 3. The van der Waals surface area contributed by atoms with E-state index in [1.807, 2.05) is 62.4 Å². The van der Waals surface area contributed by atoms with Gasteiger partial charge in [-0.2, -0.15) is 0 Å². The van der Waals surface area contributed by atoms with Crippen LogP contribution in [0, 0.1) is 13.8 Å². The summed E-state index contributed by atoms with van der Waals surface area (Å²) in [6.07, 6.45) is 4.44. The summed E-state index contributed by atoms with van der Waals surface area (Å²) < 4.78 is 5.98. The van der Waals surface area contributed by atoms with Crippen LogP contribution in [0.15, 0.2) is 66.7 Å². The van der Waals surface area contributed by atoms with Crippen LogP contribution in [0.3, 0.4) is 0 Å². The smallest absolute Gasteiger partial charge is 0.261 e. The summed E-state index contributed by atoms with van der Waals surface area (Å²) in [5, 5.41) is 4.09. The molecule has 1 aliphatic carbocycles. The molecule has 0 radical (unpaired) electrons. The second-order valence-electron chi connectivity index (χ2n) is 9.90. The summed E-state index contributed by atoms with van der Waals surface area (Å²) in [4.78, 5) is 29.2. The molecule has 3 aromatic rings. The van der Waals surface area contributed by atoms with E-state index in [0.29, 0.717) is 27.8 Å². The molecule has 1 N–H and O–H groups in total. The number of halogens is 2. The van der Waals surface area contributed by atoms with E-state index in [0.717, 1.165) is 42.4 Å². The average molecular weight is 554 g/mol. The summed E-state index contributed by atoms with van der Waals surface area (Å²) in [6.45, 7) is 3.83. The van der Waals surface area contributed by atoms with Gasteiger partial charge in [0.25, 0.3) is 5.91 Å². The van der Waals surface area contributed by atoms with Crippen molar-refractivity contribution < 1.29 is 14.3 Å². The molecule has 7 heteroatoms. The lowest BCUT2D eigenvalue weighted by Crippen LogP contribution is -2.53. The quantitative estimate of drug-likeness (QED) is 0.305. The van der Waals surface area contributed by atoms with Crippen molar-refractivity contribution in [2.45, 2.75) is 64.6 Å². The molecule has 0 heterocycles. The van der Waals surface area contributed by atoms with Crippen molar-refractivity contribution in [2.75, 3.05) is 6.61 Å². The third-order valence-corrected chi connectivity index (χ3v) is 7.98. The third kappa shape index (κ3) is 7.09. The molecule has 1 atom stereocenters. The Hall–Kier alpha value is -3.02. The van der Waals surface area contributed by atoms with Crippen molar-refractivity contribution in [3.8, 4) is 5.75 Å². The van der Waals surface area contributed by atoms with Crippen molar-refractivity contribution in [1.82, 2.24) is 10.2 Å². The number of aryl methyl sites for hydroxylation is 1. The fraction of sp³-hybridized carbons (Fsp3) is 0.355. The first kappa shape index (κ1) is 28.0. The van der Waals surface area contributed by atoms with Gasteiger partial charge in [0.1, 0.15) is 11.8 Å². The van der Waals surface area contributed by atoms with E-state index in [1.165, 1.54) is 0 Å². The molecule has 0 bridgehead atoms. The Labute approximate surface area is 235 Å². The van der Waals surface area contributed by atoms with E-state index in [1.54, 1.807) is 23.1 Å². The zero-order valence-electron chi connectivity index (χ0n) is 21.9. The summed E-state index contributed by atoms with van der Waals surface area (Å²) >= 11 is 13.0. The zero-order chi connectivity index (χ0) is 27.1. The van der Waals surface area contributed by atoms with Gasteiger partial charge in [0.15, 0.2) is 6.61 Å². The first-order valence-electron chi connectivity index (χ1n) is 13.1. The lowest BCUT2D eigenvalue weighted by atomic mass is 10.0. The molecule has 0 aliphatic heterocycles. The number of nitrogens with one attached hydrogen (secondary N) is 1. The number of nitrogens with zero attached hydrogens (tertiary/aromatic N) is 1. The minimum Gasteiger partial charge on any atom is -0.483 e. The van der Waals surface area contributed by atoms with Crippen molar-refractivity contribution in [3.05, 3.63) is 99.0 Å².